The highest BCUT2D eigenvalue weighted by Crippen LogP contribution is 2.35. The van der Waals surface area contributed by atoms with Crippen LogP contribution in [0.15, 0.2) is 66.7 Å². The highest BCUT2D eigenvalue weighted by atomic mass is 16.6. The summed E-state index contributed by atoms with van der Waals surface area (Å²) in [5, 5.41) is 2.93. The Morgan fingerprint density at radius 3 is 1.92 bits per heavy atom. The number of amides is 1. The van der Waals surface area contributed by atoms with Gasteiger partial charge >= 0.3 is 5.97 Å². The lowest BCUT2D eigenvalue weighted by atomic mass is 9.93. The zero-order valence-corrected chi connectivity index (χ0v) is 23.1. The average molecular weight is 518 g/mol. The smallest absolute Gasteiger partial charge is 0.344 e. The van der Waals surface area contributed by atoms with Crippen molar-refractivity contribution >= 4 is 11.9 Å². The maximum Gasteiger partial charge on any atom is 0.344 e. The molecule has 6 heteroatoms. The van der Waals surface area contributed by atoms with Crippen molar-refractivity contribution in [3.63, 3.8) is 0 Å². The Morgan fingerprint density at radius 1 is 0.789 bits per heavy atom. The van der Waals surface area contributed by atoms with Gasteiger partial charge < -0.3 is 19.5 Å². The summed E-state index contributed by atoms with van der Waals surface area (Å²) < 4.78 is 16.8. The van der Waals surface area contributed by atoms with E-state index in [4.69, 9.17) is 14.2 Å². The minimum Gasteiger partial charge on any atom is -0.491 e. The highest BCUT2D eigenvalue weighted by Gasteiger charge is 2.15. The molecule has 0 aliphatic rings. The molecular formula is C32H39NO5. The van der Waals surface area contributed by atoms with E-state index >= 15 is 0 Å². The van der Waals surface area contributed by atoms with Crippen LogP contribution in [0.25, 0.3) is 11.1 Å². The van der Waals surface area contributed by atoms with Crippen LogP contribution in [0.2, 0.25) is 0 Å². The first-order valence-corrected chi connectivity index (χ1v) is 13.3. The van der Waals surface area contributed by atoms with Crippen LogP contribution in [-0.2, 0) is 20.7 Å². The van der Waals surface area contributed by atoms with Crippen molar-refractivity contribution in [1.82, 2.24) is 5.32 Å². The molecule has 38 heavy (non-hydrogen) atoms. The molecular weight excluding hydrogens is 478 g/mol. The Bertz CT molecular complexity index is 1200. The van der Waals surface area contributed by atoms with Gasteiger partial charge in [0.25, 0.3) is 0 Å². The quantitative estimate of drug-likeness (QED) is 0.213. The molecule has 0 heterocycles. The van der Waals surface area contributed by atoms with Crippen LogP contribution in [0.4, 0.5) is 0 Å². The minimum atomic E-state index is -0.376. The second-order valence-corrected chi connectivity index (χ2v) is 9.77. The van der Waals surface area contributed by atoms with Gasteiger partial charge in [-0.25, -0.2) is 4.79 Å². The number of carbonyl (C=O) groups is 2. The average Bonchev–Trinajstić information content (AvgIpc) is 2.90. The predicted octanol–water partition coefficient (Wildman–Crippen LogP) is 6.28. The van der Waals surface area contributed by atoms with E-state index in [9.17, 15) is 9.59 Å². The molecule has 6 nitrogen and oxygen atoms in total. The summed E-state index contributed by atoms with van der Waals surface area (Å²) in [7, 11) is 0. The number of ether oxygens (including phenoxy) is 3. The molecule has 1 N–H and O–H groups in total. The number of benzene rings is 3. The van der Waals surface area contributed by atoms with E-state index in [-0.39, 0.29) is 30.3 Å². The van der Waals surface area contributed by atoms with Crippen LogP contribution in [-0.4, -0.2) is 38.2 Å². The molecule has 1 amide bonds. The van der Waals surface area contributed by atoms with Gasteiger partial charge in [0.15, 0.2) is 6.61 Å². The van der Waals surface area contributed by atoms with Gasteiger partial charge in [0.2, 0.25) is 5.91 Å². The van der Waals surface area contributed by atoms with Crippen LogP contribution < -0.4 is 14.8 Å². The fourth-order valence-electron chi connectivity index (χ4n) is 4.16. The molecule has 3 aromatic carbocycles. The minimum absolute atomic E-state index is 0.0186. The number of nitrogens with one attached hydrogen (secondary N) is 1. The summed E-state index contributed by atoms with van der Waals surface area (Å²) in [6.07, 6.45) is 0.359. The van der Waals surface area contributed by atoms with Crippen molar-refractivity contribution in [1.29, 1.82) is 0 Å². The lowest BCUT2D eigenvalue weighted by Crippen LogP contribution is -2.29. The summed E-state index contributed by atoms with van der Waals surface area (Å²) in [6, 6.07) is 21.9. The van der Waals surface area contributed by atoms with E-state index in [1.54, 1.807) is 6.92 Å². The van der Waals surface area contributed by atoms with Gasteiger partial charge in [0.1, 0.15) is 18.1 Å². The van der Waals surface area contributed by atoms with Crippen molar-refractivity contribution in [3.8, 4) is 22.6 Å². The van der Waals surface area contributed by atoms with Crippen LogP contribution >= 0.6 is 0 Å². The SMILES string of the molecule is CCOC(=O)COc1ccc(-c2ccc(OCCNC(=O)Cc3ccccc3)c(C(C)C)c2)cc1C(C)C. The van der Waals surface area contributed by atoms with Crippen LogP contribution in [0, 0.1) is 0 Å². The van der Waals surface area contributed by atoms with Crippen LogP contribution in [0.5, 0.6) is 11.5 Å². The second-order valence-electron chi connectivity index (χ2n) is 9.77. The second kappa shape index (κ2) is 14.2. The molecule has 202 valence electrons. The Kier molecular flexibility index (Phi) is 10.8. The summed E-state index contributed by atoms with van der Waals surface area (Å²) in [5.74, 6) is 1.59. The fourth-order valence-corrected chi connectivity index (χ4v) is 4.16. The molecule has 0 saturated carbocycles. The van der Waals surface area contributed by atoms with Gasteiger partial charge in [-0.3, -0.25) is 4.79 Å². The van der Waals surface area contributed by atoms with Gasteiger partial charge in [-0.15, -0.1) is 0 Å². The Morgan fingerprint density at radius 2 is 1.37 bits per heavy atom. The Labute approximate surface area is 226 Å². The molecule has 0 unspecified atom stereocenters. The van der Waals surface area contributed by atoms with E-state index in [1.165, 1.54) is 0 Å². The molecule has 0 fully saturated rings. The third kappa shape index (κ3) is 8.37. The Hall–Kier alpha value is -3.80. The maximum atomic E-state index is 12.2. The van der Waals surface area contributed by atoms with Crippen molar-refractivity contribution < 1.29 is 23.8 Å². The molecule has 0 spiro atoms. The molecule has 0 aliphatic heterocycles. The Balaban J connectivity index is 1.66. The van der Waals surface area contributed by atoms with Crippen LogP contribution in [0.3, 0.4) is 0 Å². The van der Waals surface area contributed by atoms with E-state index < -0.39 is 0 Å². The van der Waals surface area contributed by atoms with Crippen molar-refractivity contribution in [3.05, 3.63) is 83.4 Å². The topological polar surface area (TPSA) is 73.9 Å². The largest absolute Gasteiger partial charge is 0.491 e. The first-order valence-electron chi connectivity index (χ1n) is 13.3. The summed E-state index contributed by atoms with van der Waals surface area (Å²) in [6.45, 7) is 11.3. The standard InChI is InChI=1S/C32H39NO5/c1-6-36-32(35)21-38-30-15-13-26(20-28(30)23(4)5)25-12-14-29(27(19-25)22(2)3)37-17-16-33-31(34)18-24-10-8-7-9-11-24/h7-15,19-20,22-23H,6,16-18,21H2,1-5H3,(H,33,34). The van der Waals surface area contributed by atoms with Gasteiger partial charge in [0.05, 0.1) is 19.6 Å². The molecule has 0 aromatic heterocycles. The number of carbonyl (C=O) groups excluding carboxylic acids is 2. The van der Waals surface area contributed by atoms with Gasteiger partial charge in [-0.1, -0.05) is 70.2 Å². The van der Waals surface area contributed by atoms with Gasteiger partial charge in [-0.05, 0) is 70.8 Å². The van der Waals surface area contributed by atoms with Crippen molar-refractivity contribution in [2.24, 2.45) is 0 Å². The fraction of sp³-hybridized carbons (Fsp3) is 0.375. The number of esters is 1. The maximum absolute atomic E-state index is 12.2. The van der Waals surface area contributed by atoms with Crippen molar-refractivity contribution in [2.75, 3.05) is 26.4 Å². The highest BCUT2D eigenvalue weighted by molar-refractivity contribution is 5.78. The first-order chi connectivity index (χ1) is 18.3. The molecule has 0 saturated heterocycles. The summed E-state index contributed by atoms with van der Waals surface area (Å²) >= 11 is 0. The number of hydrogen-bond acceptors (Lipinski definition) is 5. The van der Waals surface area contributed by atoms with Crippen molar-refractivity contribution in [2.45, 2.75) is 52.9 Å². The first kappa shape index (κ1) is 28.8. The molecule has 0 radical (unpaired) electrons. The number of rotatable bonds is 13. The predicted molar refractivity (Wildman–Crippen MR) is 151 cm³/mol. The lowest BCUT2D eigenvalue weighted by Gasteiger charge is -2.18. The summed E-state index contributed by atoms with van der Waals surface area (Å²) in [5.41, 5.74) is 5.27. The van der Waals surface area contributed by atoms with Crippen LogP contribution in [0.1, 0.15) is 63.1 Å². The molecule has 0 aliphatic carbocycles. The van der Waals surface area contributed by atoms with Gasteiger partial charge in [-0.2, -0.15) is 0 Å². The van der Waals surface area contributed by atoms with E-state index in [0.717, 1.165) is 33.6 Å². The third-order valence-electron chi connectivity index (χ3n) is 6.14. The van der Waals surface area contributed by atoms with Gasteiger partial charge in [0, 0.05) is 0 Å². The summed E-state index contributed by atoms with van der Waals surface area (Å²) in [4.78, 5) is 23.9. The monoisotopic (exact) mass is 517 g/mol. The number of hydrogen-bond donors (Lipinski definition) is 1. The molecule has 0 atom stereocenters. The van der Waals surface area contributed by atoms with E-state index in [0.29, 0.717) is 31.9 Å². The zero-order chi connectivity index (χ0) is 27.5. The molecule has 0 bridgehead atoms. The normalized spacial score (nSPS) is 10.9. The van der Waals surface area contributed by atoms with E-state index in [2.05, 4.69) is 45.1 Å². The van der Waals surface area contributed by atoms with E-state index in [1.807, 2.05) is 54.6 Å². The molecule has 3 rings (SSSR count). The molecule has 3 aromatic rings. The lowest BCUT2D eigenvalue weighted by molar-refractivity contribution is -0.145. The third-order valence-corrected chi connectivity index (χ3v) is 6.14. The zero-order valence-electron chi connectivity index (χ0n) is 23.1.